The SMILES string of the molecule is CC(C)(O)C(=O)N1CCC2(CC1)C(=O)N(Cc1ncc3ccccc3c1-c1cccnc1)c1cnccc12. The van der Waals surface area contributed by atoms with Gasteiger partial charge in [0.2, 0.25) is 5.91 Å². The van der Waals surface area contributed by atoms with Crippen LogP contribution in [0.1, 0.15) is 37.9 Å². The summed E-state index contributed by atoms with van der Waals surface area (Å²) < 4.78 is 0. The second-order valence-corrected chi connectivity index (χ2v) is 10.6. The van der Waals surface area contributed by atoms with E-state index in [4.69, 9.17) is 4.98 Å². The van der Waals surface area contributed by atoms with Gasteiger partial charge in [-0.05, 0) is 49.8 Å². The van der Waals surface area contributed by atoms with Crippen molar-refractivity contribution in [1.82, 2.24) is 19.9 Å². The molecule has 2 aliphatic rings. The number of anilines is 1. The molecule has 2 aliphatic heterocycles. The van der Waals surface area contributed by atoms with Crippen molar-refractivity contribution in [2.24, 2.45) is 0 Å². The molecule has 8 nitrogen and oxygen atoms in total. The van der Waals surface area contributed by atoms with E-state index in [1.807, 2.05) is 48.8 Å². The van der Waals surface area contributed by atoms with Crippen molar-refractivity contribution in [3.8, 4) is 11.1 Å². The lowest BCUT2D eigenvalue weighted by molar-refractivity contribution is -0.150. The van der Waals surface area contributed by atoms with Crippen molar-refractivity contribution in [2.75, 3.05) is 18.0 Å². The molecule has 1 aromatic carbocycles. The van der Waals surface area contributed by atoms with Crippen LogP contribution in [0.4, 0.5) is 5.69 Å². The summed E-state index contributed by atoms with van der Waals surface area (Å²) in [6.07, 6.45) is 9.87. The summed E-state index contributed by atoms with van der Waals surface area (Å²) in [5.74, 6) is -0.311. The van der Waals surface area contributed by atoms with Gasteiger partial charge in [-0.1, -0.05) is 30.3 Å². The molecular weight excluding hydrogens is 478 g/mol. The summed E-state index contributed by atoms with van der Waals surface area (Å²) >= 11 is 0. The average Bonchev–Trinajstić information content (AvgIpc) is 3.15. The molecule has 4 aromatic rings. The van der Waals surface area contributed by atoms with Gasteiger partial charge in [0.05, 0.1) is 29.5 Å². The number of benzene rings is 1. The lowest BCUT2D eigenvalue weighted by Gasteiger charge is -2.40. The average molecular weight is 508 g/mol. The summed E-state index contributed by atoms with van der Waals surface area (Å²) in [7, 11) is 0. The molecule has 0 atom stereocenters. The van der Waals surface area contributed by atoms with Crippen molar-refractivity contribution in [3.05, 3.63) is 84.7 Å². The van der Waals surface area contributed by atoms with Crippen LogP contribution in [0, 0.1) is 0 Å². The van der Waals surface area contributed by atoms with Gasteiger partial charge in [-0.3, -0.25) is 24.5 Å². The lowest BCUT2D eigenvalue weighted by atomic mass is 9.73. The molecule has 5 heterocycles. The van der Waals surface area contributed by atoms with Crippen molar-refractivity contribution in [3.63, 3.8) is 0 Å². The van der Waals surface area contributed by atoms with E-state index >= 15 is 0 Å². The number of fused-ring (bicyclic) bond motifs is 3. The first-order valence-electron chi connectivity index (χ1n) is 12.8. The van der Waals surface area contributed by atoms with Gasteiger partial charge < -0.3 is 14.9 Å². The van der Waals surface area contributed by atoms with Crippen LogP contribution in [0.3, 0.4) is 0 Å². The number of likely N-dealkylation sites (tertiary alicyclic amines) is 1. The Balaban J connectivity index is 1.39. The Kier molecular flexibility index (Phi) is 5.72. The zero-order chi connectivity index (χ0) is 26.5. The van der Waals surface area contributed by atoms with E-state index in [-0.39, 0.29) is 11.8 Å². The Morgan fingerprint density at radius 2 is 1.76 bits per heavy atom. The van der Waals surface area contributed by atoms with Crippen molar-refractivity contribution in [2.45, 2.75) is 44.2 Å². The van der Waals surface area contributed by atoms with Gasteiger partial charge in [0.25, 0.3) is 5.91 Å². The van der Waals surface area contributed by atoms with Crippen LogP contribution < -0.4 is 4.90 Å². The minimum Gasteiger partial charge on any atom is -0.381 e. The van der Waals surface area contributed by atoms with Gasteiger partial charge >= 0.3 is 0 Å². The predicted molar refractivity (Wildman–Crippen MR) is 144 cm³/mol. The number of hydrogen-bond acceptors (Lipinski definition) is 6. The molecular formula is C30H29N5O3. The molecule has 0 bridgehead atoms. The zero-order valence-electron chi connectivity index (χ0n) is 21.5. The monoisotopic (exact) mass is 507 g/mol. The Labute approximate surface area is 221 Å². The quantitative estimate of drug-likeness (QED) is 0.450. The Bertz CT molecular complexity index is 1540. The summed E-state index contributed by atoms with van der Waals surface area (Å²) in [5.41, 5.74) is 2.23. The number of piperidine rings is 1. The van der Waals surface area contributed by atoms with E-state index in [1.54, 1.807) is 28.4 Å². The first-order valence-corrected chi connectivity index (χ1v) is 12.8. The molecule has 1 N–H and O–H groups in total. The zero-order valence-corrected chi connectivity index (χ0v) is 21.5. The molecule has 2 amide bonds. The highest BCUT2D eigenvalue weighted by atomic mass is 16.3. The normalized spacial score (nSPS) is 16.8. The number of carbonyl (C=O) groups excluding carboxylic acids is 2. The molecule has 1 saturated heterocycles. The summed E-state index contributed by atoms with van der Waals surface area (Å²) in [4.78, 5) is 43.9. The fourth-order valence-electron chi connectivity index (χ4n) is 5.91. The molecule has 0 radical (unpaired) electrons. The van der Waals surface area contributed by atoms with Crippen LogP contribution in [-0.4, -0.2) is 55.5 Å². The molecule has 1 fully saturated rings. The van der Waals surface area contributed by atoms with Gasteiger partial charge in [0.1, 0.15) is 5.60 Å². The van der Waals surface area contributed by atoms with E-state index in [9.17, 15) is 14.7 Å². The molecule has 8 heteroatoms. The molecule has 0 aliphatic carbocycles. The first-order chi connectivity index (χ1) is 18.3. The number of pyridine rings is 3. The van der Waals surface area contributed by atoms with Crippen molar-refractivity contribution < 1.29 is 14.7 Å². The number of nitrogens with zero attached hydrogens (tertiary/aromatic N) is 5. The van der Waals surface area contributed by atoms with Crippen molar-refractivity contribution >= 4 is 28.3 Å². The highest BCUT2D eigenvalue weighted by Crippen LogP contribution is 2.48. The molecule has 0 saturated carbocycles. The molecule has 1 spiro atoms. The maximum Gasteiger partial charge on any atom is 0.253 e. The Morgan fingerprint density at radius 3 is 2.50 bits per heavy atom. The van der Waals surface area contributed by atoms with Crippen LogP contribution >= 0.6 is 0 Å². The van der Waals surface area contributed by atoms with E-state index < -0.39 is 11.0 Å². The van der Waals surface area contributed by atoms with Crippen molar-refractivity contribution in [1.29, 1.82) is 0 Å². The number of rotatable bonds is 4. The maximum atomic E-state index is 14.2. The largest absolute Gasteiger partial charge is 0.381 e. The number of amides is 2. The van der Waals surface area contributed by atoms with E-state index in [1.165, 1.54) is 13.8 Å². The van der Waals surface area contributed by atoms with Crippen LogP contribution in [0.2, 0.25) is 0 Å². The third-order valence-corrected chi connectivity index (χ3v) is 7.82. The smallest absolute Gasteiger partial charge is 0.253 e. The number of hydrogen-bond donors (Lipinski definition) is 1. The first kappa shape index (κ1) is 24.2. The molecule has 6 rings (SSSR count). The minimum absolute atomic E-state index is 0.00273. The highest BCUT2D eigenvalue weighted by Gasteiger charge is 2.53. The third kappa shape index (κ3) is 3.83. The van der Waals surface area contributed by atoms with Crippen LogP contribution in [0.5, 0.6) is 0 Å². The topological polar surface area (TPSA) is 99.5 Å². The predicted octanol–water partition coefficient (Wildman–Crippen LogP) is 3.87. The highest BCUT2D eigenvalue weighted by molar-refractivity contribution is 6.08. The summed E-state index contributed by atoms with van der Waals surface area (Å²) in [6.45, 7) is 4.10. The van der Waals surface area contributed by atoms with Crippen LogP contribution in [0.25, 0.3) is 21.9 Å². The Morgan fingerprint density at radius 1 is 1.00 bits per heavy atom. The molecule has 3 aromatic heterocycles. The van der Waals surface area contributed by atoms with E-state index in [2.05, 4.69) is 16.0 Å². The second-order valence-electron chi connectivity index (χ2n) is 10.6. The van der Waals surface area contributed by atoms with Gasteiger partial charge in [-0.15, -0.1) is 0 Å². The third-order valence-electron chi connectivity index (χ3n) is 7.82. The molecule has 192 valence electrons. The van der Waals surface area contributed by atoms with Gasteiger partial charge in [-0.2, -0.15) is 0 Å². The number of carbonyl (C=O) groups is 2. The summed E-state index contributed by atoms with van der Waals surface area (Å²) in [5, 5.41) is 12.3. The van der Waals surface area contributed by atoms with Crippen LogP contribution in [-0.2, 0) is 21.5 Å². The molecule has 38 heavy (non-hydrogen) atoms. The van der Waals surface area contributed by atoms with Gasteiger partial charge in [-0.25, -0.2) is 0 Å². The second kappa shape index (κ2) is 8.99. The molecule has 0 unspecified atom stereocenters. The van der Waals surface area contributed by atoms with Crippen LogP contribution in [0.15, 0.2) is 73.4 Å². The van der Waals surface area contributed by atoms with Gasteiger partial charge in [0.15, 0.2) is 0 Å². The maximum absolute atomic E-state index is 14.2. The number of aromatic nitrogens is 3. The van der Waals surface area contributed by atoms with Gasteiger partial charge in [0, 0.05) is 54.4 Å². The fourth-order valence-corrected chi connectivity index (χ4v) is 5.91. The van der Waals surface area contributed by atoms with E-state index in [0.717, 1.165) is 38.8 Å². The standard InChI is InChI=1S/C30H29N5O3/c1-29(2,38)27(36)34-14-10-30(11-15-34)23-9-13-32-18-25(23)35(28(30)37)19-24-26(21-7-5-12-31-16-21)22-8-4-3-6-20(22)17-33-24/h3-9,12-13,16-18,38H,10-11,14-15,19H2,1-2H3. The fraction of sp³-hybridized carbons (Fsp3) is 0.300. The lowest BCUT2D eigenvalue weighted by Crippen LogP contribution is -2.53. The van der Waals surface area contributed by atoms with E-state index in [0.29, 0.717) is 32.5 Å². The Hall–Kier alpha value is -4.17. The number of aliphatic hydroxyl groups is 1. The minimum atomic E-state index is -1.44. The summed E-state index contributed by atoms with van der Waals surface area (Å²) in [6, 6.07) is 13.9.